The smallest absolute Gasteiger partial charge is 0.252 e. The summed E-state index contributed by atoms with van der Waals surface area (Å²) in [7, 11) is 0. The number of hydrogen-bond donors (Lipinski definition) is 2. The molecule has 0 unspecified atom stereocenters. The molecule has 1 amide bonds. The Balaban J connectivity index is 1.51. The van der Waals surface area contributed by atoms with E-state index in [0.717, 1.165) is 5.56 Å². The summed E-state index contributed by atoms with van der Waals surface area (Å²) < 4.78 is 19.8. The normalized spacial score (nSPS) is 10.7. The van der Waals surface area contributed by atoms with Crippen molar-refractivity contribution in [3.8, 4) is 28.5 Å². The van der Waals surface area contributed by atoms with Gasteiger partial charge in [-0.25, -0.2) is 9.37 Å². The van der Waals surface area contributed by atoms with Crippen molar-refractivity contribution >= 4 is 5.91 Å². The van der Waals surface area contributed by atoms with Gasteiger partial charge in [-0.1, -0.05) is 36.4 Å². The van der Waals surface area contributed by atoms with Crippen molar-refractivity contribution in [3.63, 3.8) is 0 Å². The van der Waals surface area contributed by atoms with Gasteiger partial charge in [-0.05, 0) is 48.4 Å². The fraction of sp³-hybridized carbons (Fsp3) is 0.0833. The minimum absolute atomic E-state index is 0.193. The number of benzene rings is 3. The third kappa shape index (κ3) is 4.22. The van der Waals surface area contributed by atoms with Gasteiger partial charge in [0.2, 0.25) is 5.89 Å². The lowest BCUT2D eigenvalue weighted by Crippen LogP contribution is -2.26. The molecule has 4 rings (SSSR count). The second kappa shape index (κ2) is 8.61. The number of aromatic hydroxyl groups is 1. The second-order valence-electron chi connectivity index (χ2n) is 6.73. The molecule has 30 heavy (non-hydrogen) atoms. The lowest BCUT2D eigenvalue weighted by molar-refractivity contribution is 0.0954. The van der Waals surface area contributed by atoms with E-state index in [1.807, 2.05) is 6.07 Å². The number of hydrogen-bond acceptors (Lipinski definition) is 4. The molecule has 3 aromatic carbocycles. The molecule has 5 nitrogen and oxygen atoms in total. The van der Waals surface area contributed by atoms with Crippen LogP contribution in [0.2, 0.25) is 0 Å². The number of nitrogens with one attached hydrogen (secondary N) is 1. The molecule has 0 saturated heterocycles. The highest BCUT2D eigenvalue weighted by molar-refractivity contribution is 6.00. The molecule has 0 saturated carbocycles. The van der Waals surface area contributed by atoms with Crippen molar-refractivity contribution in [3.05, 3.63) is 95.9 Å². The topological polar surface area (TPSA) is 75.4 Å². The van der Waals surface area contributed by atoms with Gasteiger partial charge in [0, 0.05) is 12.1 Å². The maximum Gasteiger partial charge on any atom is 0.252 e. The number of oxazole rings is 1. The van der Waals surface area contributed by atoms with Crippen molar-refractivity contribution < 1.29 is 18.7 Å². The van der Waals surface area contributed by atoms with Gasteiger partial charge in [-0.2, -0.15) is 0 Å². The largest absolute Gasteiger partial charge is 0.508 e. The van der Waals surface area contributed by atoms with E-state index in [1.54, 1.807) is 60.7 Å². The predicted octanol–water partition coefficient (Wildman–Crippen LogP) is 4.83. The van der Waals surface area contributed by atoms with E-state index in [-0.39, 0.29) is 17.5 Å². The van der Waals surface area contributed by atoms with Crippen LogP contribution in [0.25, 0.3) is 22.8 Å². The van der Waals surface area contributed by atoms with Crippen LogP contribution in [0.1, 0.15) is 15.9 Å². The average molecular weight is 402 g/mol. The van der Waals surface area contributed by atoms with Crippen LogP contribution in [0.4, 0.5) is 4.39 Å². The molecule has 1 heterocycles. The maximum absolute atomic E-state index is 14.0. The molecule has 0 spiro atoms. The van der Waals surface area contributed by atoms with Crippen molar-refractivity contribution in [1.29, 1.82) is 0 Å². The Morgan fingerprint density at radius 3 is 2.57 bits per heavy atom. The number of carbonyl (C=O) groups excluding carboxylic acids is 1. The number of halogens is 1. The molecule has 150 valence electrons. The first-order valence-corrected chi connectivity index (χ1v) is 9.48. The maximum atomic E-state index is 14.0. The first kappa shape index (κ1) is 19.4. The van der Waals surface area contributed by atoms with Gasteiger partial charge in [-0.15, -0.1) is 0 Å². The standard InChI is InChI=1S/C24H19FN2O3/c25-21-11-4-3-10-20(21)22-15-27-24(30-22)19-9-2-1-8-18(19)23(29)26-13-12-16-6-5-7-17(28)14-16/h1-11,14-15,28H,12-13H2,(H,26,29). The van der Waals surface area contributed by atoms with Crippen LogP contribution in [0.5, 0.6) is 5.75 Å². The SMILES string of the molecule is O=C(NCCc1cccc(O)c1)c1ccccc1-c1ncc(-c2ccccc2F)o1. The zero-order valence-corrected chi connectivity index (χ0v) is 16.0. The third-order valence-corrected chi connectivity index (χ3v) is 4.66. The zero-order valence-electron chi connectivity index (χ0n) is 16.0. The summed E-state index contributed by atoms with van der Waals surface area (Å²) in [6, 6.07) is 20.2. The van der Waals surface area contributed by atoms with Gasteiger partial charge in [-0.3, -0.25) is 4.79 Å². The Morgan fingerprint density at radius 1 is 1.00 bits per heavy atom. The lowest BCUT2D eigenvalue weighted by Gasteiger charge is -2.08. The molecule has 4 aromatic rings. The zero-order chi connectivity index (χ0) is 20.9. The van der Waals surface area contributed by atoms with Crippen molar-refractivity contribution in [1.82, 2.24) is 10.3 Å². The Bertz CT molecular complexity index is 1190. The second-order valence-corrected chi connectivity index (χ2v) is 6.73. The first-order valence-electron chi connectivity index (χ1n) is 9.48. The first-order chi connectivity index (χ1) is 14.6. The summed E-state index contributed by atoms with van der Waals surface area (Å²) in [5.41, 5.74) is 2.17. The molecule has 6 heteroatoms. The Labute approximate surface area is 172 Å². The Hall–Kier alpha value is -3.93. The molecular formula is C24H19FN2O3. The Kier molecular flexibility index (Phi) is 5.57. The highest BCUT2D eigenvalue weighted by Crippen LogP contribution is 2.29. The van der Waals surface area contributed by atoms with Crippen molar-refractivity contribution in [2.45, 2.75) is 6.42 Å². The summed E-state index contributed by atoms with van der Waals surface area (Å²) >= 11 is 0. The fourth-order valence-corrected chi connectivity index (χ4v) is 3.18. The molecule has 0 fully saturated rings. The Morgan fingerprint density at radius 2 is 1.77 bits per heavy atom. The molecule has 2 N–H and O–H groups in total. The number of phenolic OH excluding ortho intramolecular Hbond substituents is 1. The summed E-state index contributed by atoms with van der Waals surface area (Å²) in [6.45, 7) is 0.405. The predicted molar refractivity (Wildman–Crippen MR) is 111 cm³/mol. The van der Waals surface area contributed by atoms with Gasteiger partial charge >= 0.3 is 0 Å². The average Bonchev–Trinajstić information content (AvgIpc) is 3.24. The monoisotopic (exact) mass is 402 g/mol. The molecule has 0 radical (unpaired) electrons. The summed E-state index contributed by atoms with van der Waals surface area (Å²) in [5.74, 6) is 0.0578. The number of carbonyl (C=O) groups is 1. The minimum Gasteiger partial charge on any atom is -0.508 e. The number of aromatic nitrogens is 1. The molecule has 0 aliphatic heterocycles. The van der Waals surface area contributed by atoms with Crippen molar-refractivity contribution in [2.24, 2.45) is 0 Å². The van der Waals surface area contributed by atoms with Gasteiger partial charge in [0.15, 0.2) is 5.76 Å². The summed E-state index contributed by atoms with van der Waals surface area (Å²) in [4.78, 5) is 17.0. The van der Waals surface area contributed by atoms with Crippen LogP contribution in [-0.2, 0) is 6.42 Å². The molecule has 0 atom stereocenters. The third-order valence-electron chi connectivity index (χ3n) is 4.66. The van der Waals surface area contributed by atoms with E-state index in [2.05, 4.69) is 10.3 Å². The molecule has 1 aromatic heterocycles. The van der Waals surface area contributed by atoms with E-state index in [4.69, 9.17) is 4.42 Å². The van der Waals surface area contributed by atoms with Gasteiger partial charge in [0.1, 0.15) is 11.6 Å². The van der Waals surface area contributed by atoms with Crippen LogP contribution < -0.4 is 5.32 Å². The molecule has 0 aliphatic carbocycles. The van der Waals surface area contributed by atoms with Crippen LogP contribution in [0, 0.1) is 5.82 Å². The van der Waals surface area contributed by atoms with Crippen molar-refractivity contribution in [2.75, 3.05) is 6.54 Å². The quantitative estimate of drug-likeness (QED) is 0.485. The van der Waals surface area contributed by atoms with Crippen LogP contribution in [0.15, 0.2) is 83.4 Å². The highest BCUT2D eigenvalue weighted by atomic mass is 19.1. The lowest BCUT2D eigenvalue weighted by atomic mass is 10.1. The molecule has 0 aliphatic rings. The van der Waals surface area contributed by atoms with Gasteiger partial charge in [0.05, 0.1) is 17.3 Å². The minimum atomic E-state index is -0.404. The number of amides is 1. The molecule has 0 bridgehead atoms. The van der Waals surface area contributed by atoms with E-state index >= 15 is 0 Å². The number of rotatable bonds is 6. The van der Waals surface area contributed by atoms with Crippen LogP contribution in [-0.4, -0.2) is 22.5 Å². The summed E-state index contributed by atoms with van der Waals surface area (Å²) in [5, 5.41) is 12.4. The summed E-state index contributed by atoms with van der Waals surface area (Å²) in [6.07, 6.45) is 2.03. The molecular weight excluding hydrogens is 383 g/mol. The van der Waals surface area contributed by atoms with E-state index in [9.17, 15) is 14.3 Å². The van der Waals surface area contributed by atoms with E-state index < -0.39 is 5.82 Å². The van der Waals surface area contributed by atoms with E-state index in [1.165, 1.54) is 12.3 Å². The van der Waals surface area contributed by atoms with E-state index in [0.29, 0.717) is 35.4 Å². The highest BCUT2D eigenvalue weighted by Gasteiger charge is 2.17. The fourth-order valence-electron chi connectivity index (χ4n) is 3.18. The number of phenols is 1. The van der Waals surface area contributed by atoms with Gasteiger partial charge < -0.3 is 14.8 Å². The van der Waals surface area contributed by atoms with Gasteiger partial charge in [0.25, 0.3) is 5.91 Å². The van der Waals surface area contributed by atoms with Crippen LogP contribution >= 0.6 is 0 Å². The number of nitrogens with zero attached hydrogens (tertiary/aromatic N) is 1. The van der Waals surface area contributed by atoms with Crippen LogP contribution in [0.3, 0.4) is 0 Å².